The first kappa shape index (κ1) is 30.0. The molecule has 6 atom stereocenters. The molecule has 0 spiro atoms. The van der Waals surface area contributed by atoms with Gasteiger partial charge in [0.1, 0.15) is 18.3 Å². The number of phosphoric acid groups is 2. The molecule has 4 N–H and O–H groups in total. The number of aliphatic hydroxyl groups excluding tert-OH is 1. The van der Waals surface area contributed by atoms with Crippen LogP contribution in [0.15, 0.2) is 21.9 Å². The number of rotatable bonds is 16. The maximum Gasteiger partial charge on any atom is 0.472 e. The number of nitrogens with zero attached hydrogens (tertiary/aromatic N) is 1. The summed E-state index contributed by atoms with van der Waals surface area (Å²) in [6.45, 7) is 0.881. The van der Waals surface area contributed by atoms with Gasteiger partial charge in [-0.1, -0.05) is 13.3 Å². The third-order valence-electron chi connectivity index (χ3n) is 4.90. The number of H-pyrrole nitrogens is 1. The van der Waals surface area contributed by atoms with Gasteiger partial charge in [-0.25, -0.2) is 13.9 Å². The van der Waals surface area contributed by atoms with E-state index in [0.29, 0.717) is 12.8 Å². The highest BCUT2D eigenvalue weighted by Gasteiger charge is 2.51. The number of hydrogen-bond donors (Lipinski definition) is 4. The predicted octanol–water partition coefficient (Wildman–Crippen LogP) is 0.657. The molecule has 1 saturated heterocycles. The van der Waals surface area contributed by atoms with Crippen molar-refractivity contribution < 1.29 is 51.6 Å². The van der Waals surface area contributed by atoms with Gasteiger partial charge in [0.2, 0.25) is 0 Å². The highest BCUT2D eigenvalue weighted by Crippen LogP contribution is 2.50. The molecule has 0 amide bonds. The van der Waals surface area contributed by atoms with Gasteiger partial charge in [-0.05, 0) is 19.3 Å². The van der Waals surface area contributed by atoms with Gasteiger partial charge < -0.3 is 24.4 Å². The van der Waals surface area contributed by atoms with Crippen LogP contribution in [-0.4, -0.2) is 76.3 Å². The Balaban J connectivity index is 2.25. The molecular formula is C18H32N2O13P2. The van der Waals surface area contributed by atoms with Crippen LogP contribution in [0.25, 0.3) is 0 Å². The van der Waals surface area contributed by atoms with Crippen LogP contribution in [0.1, 0.15) is 38.8 Å². The van der Waals surface area contributed by atoms with Crippen LogP contribution >= 0.6 is 15.6 Å². The molecule has 15 nitrogen and oxygen atoms in total. The Labute approximate surface area is 201 Å². The maximum atomic E-state index is 12.5. The van der Waals surface area contributed by atoms with Gasteiger partial charge in [0.15, 0.2) is 6.23 Å². The molecule has 3 unspecified atom stereocenters. The zero-order valence-electron chi connectivity index (χ0n) is 19.4. The van der Waals surface area contributed by atoms with E-state index < -0.39 is 58.0 Å². The number of hydrogen-bond acceptors (Lipinski definition) is 11. The monoisotopic (exact) mass is 546 g/mol. The molecule has 0 saturated carbocycles. The van der Waals surface area contributed by atoms with Crippen LogP contribution in [0.4, 0.5) is 0 Å². The first-order valence-corrected chi connectivity index (χ1v) is 13.9. The van der Waals surface area contributed by atoms with E-state index in [1.54, 1.807) is 0 Å². The molecule has 0 bridgehead atoms. The van der Waals surface area contributed by atoms with Crippen molar-refractivity contribution in [1.82, 2.24) is 9.55 Å². The lowest BCUT2D eigenvalue weighted by Gasteiger charge is -2.25. The van der Waals surface area contributed by atoms with E-state index in [1.165, 1.54) is 7.11 Å². The standard InChI is InChI=1S/C18H32N2O13P2/c1-3-4-10-29-34(24,25)31-12-13-15(33-35(26,27)30-11-6-5-9-21)16(28-2)17(32-13)20-8-7-14(22)19-18(20)23/h7-8,13,15-17,21H,3-6,9-12H2,1-2H3,(H,24,25)(H,26,27)(H,19,22,23)/t13-,15?,16+,17-/m1/s1. The second-order valence-corrected chi connectivity index (χ2v) is 10.4. The Bertz CT molecular complexity index is 999. The zero-order chi connectivity index (χ0) is 26.1. The van der Waals surface area contributed by atoms with Crippen molar-refractivity contribution in [3.05, 3.63) is 33.1 Å². The van der Waals surface area contributed by atoms with Gasteiger partial charge in [0.05, 0.1) is 19.8 Å². The summed E-state index contributed by atoms with van der Waals surface area (Å²) >= 11 is 0. The van der Waals surface area contributed by atoms with Crippen LogP contribution < -0.4 is 11.2 Å². The lowest BCUT2D eigenvalue weighted by molar-refractivity contribution is -0.0626. The number of ether oxygens (including phenoxy) is 2. The third kappa shape index (κ3) is 9.30. The number of aliphatic hydroxyl groups is 1. The Kier molecular flexibility index (Phi) is 11.9. The van der Waals surface area contributed by atoms with Crippen LogP contribution in [0, 0.1) is 0 Å². The van der Waals surface area contributed by atoms with Gasteiger partial charge in [0, 0.05) is 26.0 Å². The van der Waals surface area contributed by atoms with Gasteiger partial charge in [-0.2, -0.15) is 0 Å². The summed E-state index contributed by atoms with van der Waals surface area (Å²) in [6.07, 6.45) is -2.18. The minimum Gasteiger partial charge on any atom is -0.396 e. The van der Waals surface area contributed by atoms with E-state index >= 15 is 0 Å². The molecule has 2 heterocycles. The lowest BCUT2D eigenvalue weighted by Crippen LogP contribution is -2.40. The second-order valence-electron chi connectivity index (χ2n) is 7.54. The third-order valence-corrected chi connectivity index (χ3v) is 6.90. The van der Waals surface area contributed by atoms with Crippen LogP contribution in [0.5, 0.6) is 0 Å². The van der Waals surface area contributed by atoms with Gasteiger partial charge in [-0.3, -0.25) is 32.4 Å². The number of aromatic nitrogens is 2. The van der Waals surface area contributed by atoms with Crippen molar-refractivity contribution in [1.29, 1.82) is 0 Å². The molecule has 0 aromatic carbocycles. The van der Waals surface area contributed by atoms with E-state index in [1.807, 2.05) is 6.92 Å². The first-order valence-electron chi connectivity index (χ1n) is 10.9. The summed E-state index contributed by atoms with van der Waals surface area (Å²) < 4.78 is 56.8. The van der Waals surface area contributed by atoms with Crippen molar-refractivity contribution in [2.24, 2.45) is 0 Å². The SMILES string of the molecule is CCCCOP(=O)(O)OC[C@H]1O[C@@H](n2ccc(=O)[nH]c2=O)[C@@H](OC)C1OP(=O)(O)OCCCCO. The summed E-state index contributed by atoms with van der Waals surface area (Å²) in [5.41, 5.74) is -1.51. The molecule has 0 aliphatic carbocycles. The average molecular weight is 546 g/mol. The fourth-order valence-corrected chi connectivity index (χ4v) is 4.93. The Morgan fingerprint density at radius 2 is 1.74 bits per heavy atom. The lowest BCUT2D eigenvalue weighted by atomic mass is 10.1. The van der Waals surface area contributed by atoms with Crippen molar-refractivity contribution in [2.75, 3.05) is 33.5 Å². The summed E-state index contributed by atoms with van der Waals surface area (Å²) in [6, 6.07) is 1.06. The first-order chi connectivity index (χ1) is 16.5. The summed E-state index contributed by atoms with van der Waals surface area (Å²) in [4.78, 5) is 45.9. The molecule has 1 aliphatic rings. The topological polar surface area (TPSA) is 205 Å². The number of aromatic amines is 1. The molecule has 2 rings (SSSR count). The van der Waals surface area contributed by atoms with Crippen molar-refractivity contribution in [3.8, 4) is 0 Å². The zero-order valence-corrected chi connectivity index (χ0v) is 21.2. The molecule has 1 fully saturated rings. The summed E-state index contributed by atoms with van der Waals surface area (Å²) in [5, 5.41) is 8.83. The largest absolute Gasteiger partial charge is 0.472 e. The maximum absolute atomic E-state index is 12.5. The van der Waals surface area contributed by atoms with E-state index in [0.717, 1.165) is 23.3 Å². The van der Waals surface area contributed by atoms with Crippen molar-refractivity contribution >= 4 is 15.6 Å². The van der Waals surface area contributed by atoms with E-state index in [9.17, 15) is 28.5 Å². The van der Waals surface area contributed by atoms with Gasteiger partial charge in [-0.15, -0.1) is 0 Å². The van der Waals surface area contributed by atoms with Crippen molar-refractivity contribution in [3.63, 3.8) is 0 Å². The molecule has 1 aromatic heterocycles. The van der Waals surface area contributed by atoms with Crippen LogP contribution in [0.3, 0.4) is 0 Å². The number of nitrogens with one attached hydrogen (secondary N) is 1. The highest BCUT2D eigenvalue weighted by atomic mass is 31.2. The van der Waals surface area contributed by atoms with Crippen LogP contribution in [-0.2, 0) is 36.7 Å². The fourth-order valence-electron chi connectivity index (χ4n) is 3.18. The predicted molar refractivity (Wildman–Crippen MR) is 120 cm³/mol. The number of phosphoric ester groups is 2. The average Bonchev–Trinajstić information content (AvgIpc) is 3.11. The number of unbranched alkanes of at least 4 members (excludes halogenated alkanes) is 2. The normalized spacial score (nSPS) is 25.9. The Morgan fingerprint density at radius 3 is 2.37 bits per heavy atom. The quantitative estimate of drug-likeness (QED) is 0.166. The number of methoxy groups -OCH3 is 1. The Morgan fingerprint density at radius 1 is 1.06 bits per heavy atom. The summed E-state index contributed by atoms with van der Waals surface area (Å²) in [7, 11) is -7.96. The molecule has 17 heteroatoms. The van der Waals surface area contributed by atoms with Gasteiger partial charge >= 0.3 is 21.3 Å². The summed E-state index contributed by atoms with van der Waals surface area (Å²) in [5.74, 6) is 0. The highest BCUT2D eigenvalue weighted by molar-refractivity contribution is 7.47. The molecule has 1 aliphatic heterocycles. The molecule has 0 radical (unpaired) electrons. The van der Waals surface area contributed by atoms with E-state index in [-0.39, 0.29) is 26.2 Å². The van der Waals surface area contributed by atoms with Gasteiger partial charge in [0.25, 0.3) is 5.56 Å². The fraction of sp³-hybridized carbons (Fsp3) is 0.778. The van der Waals surface area contributed by atoms with Crippen molar-refractivity contribution in [2.45, 2.75) is 57.1 Å². The molecular weight excluding hydrogens is 514 g/mol. The second kappa shape index (κ2) is 13.9. The molecule has 35 heavy (non-hydrogen) atoms. The van der Waals surface area contributed by atoms with E-state index in [4.69, 9.17) is 32.7 Å². The Hall–Kier alpha value is -1.22. The van der Waals surface area contributed by atoms with Crippen LogP contribution in [0.2, 0.25) is 0 Å². The molecule has 202 valence electrons. The molecule has 1 aromatic rings. The van der Waals surface area contributed by atoms with E-state index in [2.05, 4.69) is 4.98 Å². The minimum atomic E-state index is -4.70. The smallest absolute Gasteiger partial charge is 0.396 e. The minimum absolute atomic E-state index is 0.0284.